The Balaban J connectivity index is 1.22. The van der Waals surface area contributed by atoms with E-state index >= 15 is 0 Å². The molecule has 2 aliphatic rings. The van der Waals surface area contributed by atoms with Gasteiger partial charge in [0.15, 0.2) is 17.0 Å². The van der Waals surface area contributed by atoms with Gasteiger partial charge in [0.2, 0.25) is 5.95 Å². The van der Waals surface area contributed by atoms with Crippen molar-refractivity contribution < 1.29 is 4.39 Å². The largest absolute Gasteiger partial charge is 0.364 e. The first kappa shape index (κ1) is 23.8. The van der Waals surface area contributed by atoms with E-state index in [1.807, 2.05) is 30.7 Å². The van der Waals surface area contributed by atoms with Crippen LogP contribution in [0.3, 0.4) is 0 Å². The van der Waals surface area contributed by atoms with E-state index < -0.39 is 0 Å². The van der Waals surface area contributed by atoms with Crippen molar-refractivity contribution in [3.63, 3.8) is 0 Å². The summed E-state index contributed by atoms with van der Waals surface area (Å²) in [7, 11) is 0. The Kier molecular flexibility index (Phi) is 6.94. The smallest absolute Gasteiger partial charge is 0.226 e. The van der Waals surface area contributed by atoms with Crippen molar-refractivity contribution >= 4 is 22.9 Å². The number of nitrogens with one attached hydrogen (secondary N) is 3. The van der Waals surface area contributed by atoms with E-state index in [0.29, 0.717) is 24.5 Å². The van der Waals surface area contributed by atoms with Gasteiger partial charge in [-0.15, -0.1) is 0 Å². The van der Waals surface area contributed by atoms with Crippen LogP contribution in [0.5, 0.6) is 0 Å². The van der Waals surface area contributed by atoms with Gasteiger partial charge in [-0.3, -0.25) is 4.98 Å². The summed E-state index contributed by atoms with van der Waals surface area (Å²) < 4.78 is 15.8. The zero-order valence-corrected chi connectivity index (χ0v) is 21.0. The van der Waals surface area contributed by atoms with Gasteiger partial charge in [0.1, 0.15) is 5.82 Å². The molecule has 9 heteroatoms. The molecule has 3 aromatic heterocycles. The van der Waals surface area contributed by atoms with Gasteiger partial charge in [0, 0.05) is 30.9 Å². The number of piperidine rings is 1. The molecule has 6 rings (SSSR count). The van der Waals surface area contributed by atoms with Crippen molar-refractivity contribution in [2.75, 3.05) is 30.3 Å². The maximum atomic E-state index is 13.6. The Morgan fingerprint density at radius 1 is 0.973 bits per heavy atom. The Morgan fingerprint density at radius 2 is 1.84 bits per heavy atom. The van der Waals surface area contributed by atoms with E-state index in [-0.39, 0.29) is 5.82 Å². The number of rotatable bonds is 8. The van der Waals surface area contributed by atoms with Crippen molar-refractivity contribution in [1.82, 2.24) is 29.8 Å². The van der Waals surface area contributed by atoms with E-state index in [1.54, 1.807) is 6.07 Å². The lowest BCUT2D eigenvalue weighted by molar-refractivity contribution is 0.389. The fourth-order valence-corrected chi connectivity index (χ4v) is 5.42. The minimum Gasteiger partial charge on any atom is -0.364 e. The number of hydrogen-bond acceptors (Lipinski definition) is 7. The van der Waals surface area contributed by atoms with Crippen LogP contribution in [0.25, 0.3) is 22.4 Å². The van der Waals surface area contributed by atoms with Gasteiger partial charge in [0.25, 0.3) is 0 Å². The SMILES string of the molecule is Fc1cccc(-c2ccc(CNc3nc(NCC4CCNCC4)nc4c3ncn4C3CCCC3)cn2)c1. The molecule has 1 aromatic carbocycles. The minimum absolute atomic E-state index is 0.264. The molecule has 1 saturated carbocycles. The lowest BCUT2D eigenvalue weighted by Crippen LogP contribution is -2.31. The van der Waals surface area contributed by atoms with Crippen molar-refractivity contribution in [1.29, 1.82) is 0 Å². The third kappa shape index (κ3) is 5.41. The number of aromatic nitrogens is 5. The number of benzene rings is 1. The molecule has 0 bridgehead atoms. The molecule has 0 atom stereocenters. The number of hydrogen-bond donors (Lipinski definition) is 3. The topological polar surface area (TPSA) is 92.6 Å². The molecule has 0 spiro atoms. The number of anilines is 2. The highest BCUT2D eigenvalue weighted by Crippen LogP contribution is 2.33. The quantitative estimate of drug-likeness (QED) is 0.308. The predicted octanol–water partition coefficient (Wildman–Crippen LogP) is 5.17. The molecular formula is C28H33FN8. The van der Waals surface area contributed by atoms with Crippen LogP contribution in [0, 0.1) is 11.7 Å². The number of fused-ring (bicyclic) bond motifs is 1. The average Bonchev–Trinajstić information content (AvgIpc) is 3.62. The van der Waals surface area contributed by atoms with Crippen LogP contribution in [0.4, 0.5) is 16.2 Å². The van der Waals surface area contributed by atoms with Crippen LogP contribution >= 0.6 is 0 Å². The molecule has 192 valence electrons. The lowest BCUT2D eigenvalue weighted by atomic mass is 9.98. The minimum atomic E-state index is -0.264. The summed E-state index contributed by atoms with van der Waals surface area (Å²) in [6.07, 6.45) is 10.9. The second-order valence-corrected chi connectivity index (χ2v) is 10.1. The third-order valence-corrected chi connectivity index (χ3v) is 7.55. The highest BCUT2D eigenvalue weighted by Gasteiger charge is 2.22. The summed E-state index contributed by atoms with van der Waals surface area (Å²) in [6, 6.07) is 10.9. The molecular weight excluding hydrogens is 467 g/mol. The standard InChI is InChI=1S/C28H33FN8/c29-22-5-3-4-21(14-22)24-9-8-20(16-31-24)17-32-26-25-27(37(18-34-25)23-6-1-2-7-23)36-28(35-26)33-15-19-10-12-30-13-11-19/h3-5,8-9,14,16,18-19,23,30H,1-2,6-7,10-13,15,17H2,(H2,32,33,35,36). The number of nitrogens with zero attached hydrogens (tertiary/aromatic N) is 5. The Hall–Kier alpha value is -3.59. The van der Waals surface area contributed by atoms with Crippen molar-refractivity contribution in [3.8, 4) is 11.3 Å². The molecule has 0 unspecified atom stereocenters. The van der Waals surface area contributed by atoms with E-state index in [4.69, 9.17) is 15.0 Å². The molecule has 4 heterocycles. The zero-order valence-electron chi connectivity index (χ0n) is 21.0. The molecule has 37 heavy (non-hydrogen) atoms. The fraction of sp³-hybridized carbons (Fsp3) is 0.429. The lowest BCUT2D eigenvalue weighted by Gasteiger charge is -2.23. The summed E-state index contributed by atoms with van der Waals surface area (Å²) in [6.45, 7) is 3.56. The highest BCUT2D eigenvalue weighted by molar-refractivity contribution is 5.84. The van der Waals surface area contributed by atoms with Gasteiger partial charge >= 0.3 is 0 Å². The van der Waals surface area contributed by atoms with E-state index in [1.165, 1.54) is 50.7 Å². The van der Waals surface area contributed by atoms with E-state index in [9.17, 15) is 4.39 Å². The Bertz CT molecular complexity index is 1340. The van der Waals surface area contributed by atoms with Crippen molar-refractivity contribution in [2.24, 2.45) is 5.92 Å². The predicted molar refractivity (Wildman–Crippen MR) is 144 cm³/mol. The molecule has 4 aromatic rings. The number of imidazole rings is 1. The first-order valence-electron chi connectivity index (χ1n) is 13.4. The molecule has 3 N–H and O–H groups in total. The van der Waals surface area contributed by atoms with Crippen LogP contribution < -0.4 is 16.0 Å². The Labute approximate surface area is 216 Å². The summed E-state index contributed by atoms with van der Waals surface area (Å²) in [4.78, 5) is 19.0. The van der Waals surface area contributed by atoms with Gasteiger partial charge in [-0.1, -0.05) is 31.0 Å². The molecule has 0 radical (unpaired) electrons. The van der Waals surface area contributed by atoms with Crippen LogP contribution in [-0.2, 0) is 6.54 Å². The molecule has 8 nitrogen and oxygen atoms in total. The van der Waals surface area contributed by atoms with Crippen LogP contribution in [0.15, 0.2) is 48.9 Å². The first-order chi connectivity index (χ1) is 18.2. The number of halogens is 1. The van der Waals surface area contributed by atoms with Crippen LogP contribution in [0.1, 0.15) is 50.1 Å². The van der Waals surface area contributed by atoms with Gasteiger partial charge in [-0.25, -0.2) is 9.37 Å². The summed E-state index contributed by atoms with van der Waals surface area (Å²) in [5.41, 5.74) is 4.19. The van der Waals surface area contributed by atoms with Gasteiger partial charge < -0.3 is 20.5 Å². The second kappa shape index (κ2) is 10.8. The molecule has 1 saturated heterocycles. The first-order valence-corrected chi connectivity index (χ1v) is 13.4. The van der Waals surface area contributed by atoms with Crippen LogP contribution in [0.2, 0.25) is 0 Å². The molecule has 2 fully saturated rings. The summed E-state index contributed by atoms with van der Waals surface area (Å²) >= 11 is 0. The fourth-order valence-electron chi connectivity index (χ4n) is 5.42. The van der Waals surface area contributed by atoms with Gasteiger partial charge in [0.05, 0.1) is 12.0 Å². The highest BCUT2D eigenvalue weighted by atomic mass is 19.1. The van der Waals surface area contributed by atoms with E-state index in [2.05, 4.69) is 25.5 Å². The number of pyridine rings is 1. The van der Waals surface area contributed by atoms with E-state index in [0.717, 1.165) is 53.4 Å². The van der Waals surface area contributed by atoms with Gasteiger partial charge in [-0.2, -0.15) is 9.97 Å². The van der Waals surface area contributed by atoms with Crippen molar-refractivity contribution in [3.05, 3.63) is 60.3 Å². The second-order valence-electron chi connectivity index (χ2n) is 10.1. The zero-order chi connectivity index (χ0) is 25.0. The maximum absolute atomic E-state index is 13.6. The van der Waals surface area contributed by atoms with Gasteiger partial charge in [-0.05, 0) is 68.5 Å². The average molecular weight is 501 g/mol. The Morgan fingerprint density at radius 3 is 2.62 bits per heavy atom. The maximum Gasteiger partial charge on any atom is 0.226 e. The normalized spacial score (nSPS) is 16.9. The monoisotopic (exact) mass is 500 g/mol. The summed E-state index contributed by atoms with van der Waals surface area (Å²) in [5.74, 6) is 1.73. The summed E-state index contributed by atoms with van der Waals surface area (Å²) in [5, 5.41) is 10.4. The molecule has 1 aliphatic heterocycles. The molecule has 1 aliphatic carbocycles. The van der Waals surface area contributed by atoms with Crippen LogP contribution in [-0.4, -0.2) is 44.1 Å². The third-order valence-electron chi connectivity index (χ3n) is 7.55. The van der Waals surface area contributed by atoms with Crippen molar-refractivity contribution in [2.45, 2.75) is 51.1 Å². The molecule has 0 amide bonds.